The molecule has 0 fully saturated rings. The van der Waals surface area contributed by atoms with E-state index in [1.165, 1.54) is 27.5 Å². The molecule has 0 amide bonds. The maximum atomic E-state index is 2.41. The fraction of sp³-hybridized carbons (Fsp3) is 0.200. The molecule has 0 saturated heterocycles. The van der Waals surface area contributed by atoms with Gasteiger partial charge in [-0.1, -0.05) is 24.3 Å². The Labute approximate surface area is 80.5 Å². The molecule has 0 N–H and O–H groups in total. The maximum absolute atomic E-state index is 2.41. The van der Waals surface area contributed by atoms with Crippen LogP contribution >= 0.6 is 22.6 Å². The van der Waals surface area contributed by atoms with Crippen LogP contribution in [0.2, 0.25) is 0 Å². The third-order valence-corrected chi connectivity index (χ3v) is 3.02. The van der Waals surface area contributed by atoms with Crippen molar-refractivity contribution in [3.63, 3.8) is 0 Å². The summed E-state index contributed by atoms with van der Waals surface area (Å²) in [6.45, 7) is 0. The molecule has 1 aliphatic carbocycles. The van der Waals surface area contributed by atoms with Gasteiger partial charge in [-0.05, 0) is 52.6 Å². The van der Waals surface area contributed by atoms with Crippen LogP contribution in [0.15, 0.2) is 24.3 Å². The Morgan fingerprint density at radius 2 is 2.18 bits per heavy atom. The zero-order valence-corrected chi connectivity index (χ0v) is 8.34. The van der Waals surface area contributed by atoms with Crippen LogP contribution < -0.4 is 0 Å². The molecule has 1 aromatic carbocycles. The van der Waals surface area contributed by atoms with Crippen molar-refractivity contribution < 1.29 is 0 Å². The lowest BCUT2D eigenvalue weighted by Gasteiger charge is -2.11. The Kier molecular flexibility index (Phi) is 1.98. The minimum atomic E-state index is 1.20. The molecule has 0 saturated carbocycles. The molecule has 0 radical (unpaired) electrons. The van der Waals surface area contributed by atoms with Crippen molar-refractivity contribution in [1.82, 2.24) is 0 Å². The highest BCUT2D eigenvalue weighted by molar-refractivity contribution is 14.1. The number of benzene rings is 1. The van der Waals surface area contributed by atoms with Gasteiger partial charge in [0.1, 0.15) is 0 Å². The van der Waals surface area contributed by atoms with Crippen LogP contribution in [-0.2, 0) is 6.42 Å². The van der Waals surface area contributed by atoms with E-state index in [0.717, 1.165) is 0 Å². The number of halogens is 1. The first-order valence-electron chi connectivity index (χ1n) is 3.82. The monoisotopic (exact) mass is 256 g/mol. The fourth-order valence-corrected chi connectivity index (χ4v) is 2.22. The number of rotatable bonds is 0. The summed E-state index contributed by atoms with van der Waals surface area (Å²) in [4.78, 5) is 0. The molecule has 0 bridgehead atoms. The van der Waals surface area contributed by atoms with Crippen LogP contribution in [0.1, 0.15) is 17.5 Å². The van der Waals surface area contributed by atoms with E-state index in [1.54, 1.807) is 0 Å². The lowest BCUT2D eigenvalue weighted by molar-refractivity contribution is 0.977. The molecule has 2 rings (SSSR count). The van der Waals surface area contributed by atoms with Crippen LogP contribution in [0.25, 0.3) is 6.08 Å². The first-order chi connectivity index (χ1) is 5.38. The van der Waals surface area contributed by atoms with Gasteiger partial charge in [0.2, 0.25) is 0 Å². The average Bonchev–Trinajstić information content (AvgIpc) is 2.06. The molecule has 1 heteroatoms. The first kappa shape index (κ1) is 7.35. The fourth-order valence-electron chi connectivity index (χ4n) is 1.43. The summed E-state index contributed by atoms with van der Waals surface area (Å²) >= 11 is 2.41. The summed E-state index contributed by atoms with van der Waals surface area (Å²) in [5.41, 5.74) is 2.93. The molecular weight excluding hydrogens is 247 g/mol. The highest BCUT2D eigenvalue weighted by Gasteiger charge is 2.05. The van der Waals surface area contributed by atoms with Crippen LogP contribution in [0.4, 0.5) is 0 Å². The van der Waals surface area contributed by atoms with E-state index in [-0.39, 0.29) is 0 Å². The van der Waals surface area contributed by atoms with E-state index < -0.39 is 0 Å². The molecule has 0 nitrogen and oxygen atoms in total. The van der Waals surface area contributed by atoms with Gasteiger partial charge in [-0.2, -0.15) is 0 Å². The van der Waals surface area contributed by atoms with Crippen molar-refractivity contribution in [3.8, 4) is 0 Å². The number of hydrogen-bond donors (Lipinski definition) is 0. The van der Waals surface area contributed by atoms with Crippen molar-refractivity contribution >= 4 is 28.7 Å². The maximum Gasteiger partial charge on any atom is 0.0168 e. The van der Waals surface area contributed by atoms with E-state index in [4.69, 9.17) is 0 Å². The van der Waals surface area contributed by atoms with Gasteiger partial charge in [-0.3, -0.25) is 0 Å². The highest BCUT2D eigenvalue weighted by Crippen LogP contribution is 2.23. The summed E-state index contributed by atoms with van der Waals surface area (Å²) in [5.74, 6) is 0. The van der Waals surface area contributed by atoms with Crippen LogP contribution in [0.3, 0.4) is 0 Å². The van der Waals surface area contributed by atoms with Gasteiger partial charge in [-0.25, -0.2) is 0 Å². The van der Waals surface area contributed by atoms with Crippen LogP contribution in [0.5, 0.6) is 0 Å². The molecule has 0 spiro atoms. The van der Waals surface area contributed by atoms with Crippen molar-refractivity contribution in [2.75, 3.05) is 0 Å². The zero-order chi connectivity index (χ0) is 7.68. The van der Waals surface area contributed by atoms with E-state index in [1.807, 2.05) is 0 Å². The third kappa shape index (κ3) is 1.34. The summed E-state index contributed by atoms with van der Waals surface area (Å²) in [7, 11) is 0. The minimum Gasteiger partial charge on any atom is -0.0836 e. The molecule has 0 aliphatic heterocycles. The van der Waals surface area contributed by atoms with E-state index >= 15 is 0 Å². The van der Waals surface area contributed by atoms with Crippen LogP contribution in [-0.4, -0.2) is 0 Å². The largest absolute Gasteiger partial charge is 0.0836 e. The van der Waals surface area contributed by atoms with Gasteiger partial charge < -0.3 is 0 Å². The van der Waals surface area contributed by atoms with Gasteiger partial charge in [0.15, 0.2) is 0 Å². The zero-order valence-electron chi connectivity index (χ0n) is 6.18. The molecule has 0 unspecified atom stereocenters. The number of hydrogen-bond acceptors (Lipinski definition) is 0. The van der Waals surface area contributed by atoms with Crippen molar-refractivity contribution in [3.05, 3.63) is 39.0 Å². The van der Waals surface area contributed by atoms with Gasteiger partial charge in [0, 0.05) is 3.57 Å². The summed E-state index contributed by atoms with van der Waals surface area (Å²) < 4.78 is 1.41. The van der Waals surface area contributed by atoms with Crippen molar-refractivity contribution in [1.29, 1.82) is 0 Å². The quantitative estimate of drug-likeness (QED) is 0.625. The topological polar surface area (TPSA) is 0 Å². The third-order valence-electron chi connectivity index (χ3n) is 2.01. The number of allylic oxidation sites excluding steroid dienone is 1. The standard InChI is InChI=1S/C10H9I/c11-10-7-3-5-8-4-1-2-6-9(8)10/h1,3-5,7H,2,6H2. The average molecular weight is 256 g/mol. The Bertz CT molecular complexity index is 300. The summed E-state index contributed by atoms with van der Waals surface area (Å²) in [5, 5.41) is 0. The Morgan fingerprint density at radius 1 is 1.27 bits per heavy atom. The first-order valence-corrected chi connectivity index (χ1v) is 4.90. The molecular formula is C10H9I. The molecule has 56 valence electrons. The van der Waals surface area contributed by atoms with Crippen molar-refractivity contribution in [2.45, 2.75) is 12.8 Å². The number of fused-ring (bicyclic) bond motifs is 1. The second-order valence-corrected chi connectivity index (χ2v) is 3.91. The van der Waals surface area contributed by atoms with E-state index in [0.29, 0.717) is 0 Å². The normalized spacial score (nSPS) is 14.6. The second-order valence-electron chi connectivity index (χ2n) is 2.75. The molecule has 0 atom stereocenters. The smallest absolute Gasteiger partial charge is 0.0168 e. The summed E-state index contributed by atoms with van der Waals surface area (Å²) in [6, 6.07) is 6.49. The molecule has 0 heterocycles. The van der Waals surface area contributed by atoms with Crippen molar-refractivity contribution in [2.24, 2.45) is 0 Å². The highest BCUT2D eigenvalue weighted by atomic mass is 127. The minimum absolute atomic E-state index is 1.20. The SMILES string of the molecule is Ic1cccc2c1CCC=C2. The molecule has 11 heavy (non-hydrogen) atoms. The van der Waals surface area contributed by atoms with Gasteiger partial charge >= 0.3 is 0 Å². The lowest BCUT2D eigenvalue weighted by Crippen LogP contribution is -1.96. The Morgan fingerprint density at radius 3 is 3.00 bits per heavy atom. The predicted molar refractivity (Wildman–Crippen MR) is 56.5 cm³/mol. The van der Waals surface area contributed by atoms with Crippen LogP contribution in [0, 0.1) is 3.57 Å². The lowest BCUT2D eigenvalue weighted by atomic mass is 9.98. The predicted octanol–water partition coefficient (Wildman–Crippen LogP) is 3.25. The van der Waals surface area contributed by atoms with Gasteiger partial charge in [-0.15, -0.1) is 0 Å². The van der Waals surface area contributed by atoms with E-state index in [2.05, 4.69) is 52.9 Å². The molecule has 1 aromatic rings. The second kappa shape index (κ2) is 2.97. The Balaban J connectivity index is 2.60. The summed E-state index contributed by atoms with van der Waals surface area (Å²) in [6.07, 6.45) is 6.89. The van der Waals surface area contributed by atoms with Gasteiger partial charge in [0.25, 0.3) is 0 Å². The molecule has 0 aromatic heterocycles. The van der Waals surface area contributed by atoms with Gasteiger partial charge in [0.05, 0.1) is 0 Å². The molecule has 1 aliphatic rings. The van der Waals surface area contributed by atoms with E-state index in [9.17, 15) is 0 Å². The Hall–Kier alpha value is -0.310.